The number of carbonyl (C=O) groups excluding carboxylic acids is 2. The molecule has 0 unspecified atom stereocenters. The molecular formula is C17H29NO5. The van der Waals surface area contributed by atoms with Crippen LogP contribution < -0.4 is 5.32 Å². The lowest BCUT2D eigenvalue weighted by Gasteiger charge is -2.03. The average molecular weight is 327 g/mol. The first-order valence-corrected chi connectivity index (χ1v) is 8.40. The smallest absolute Gasteiger partial charge is 0.330 e. The summed E-state index contributed by atoms with van der Waals surface area (Å²) in [5.41, 5.74) is 0. The molecule has 6 nitrogen and oxygen atoms in total. The van der Waals surface area contributed by atoms with Crippen molar-refractivity contribution in [2.75, 3.05) is 13.2 Å². The van der Waals surface area contributed by atoms with Crippen LogP contribution in [0.4, 0.5) is 0 Å². The van der Waals surface area contributed by atoms with E-state index in [-0.39, 0.29) is 18.9 Å². The van der Waals surface area contributed by atoms with E-state index in [4.69, 9.17) is 5.11 Å². The molecule has 0 atom stereocenters. The molecule has 0 aromatic carbocycles. The summed E-state index contributed by atoms with van der Waals surface area (Å²) >= 11 is 0. The first kappa shape index (κ1) is 21.1. The van der Waals surface area contributed by atoms with E-state index in [2.05, 4.69) is 17.0 Å². The predicted octanol–water partition coefficient (Wildman–Crippen LogP) is 2.82. The Hall–Kier alpha value is -1.85. The largest absolute Gasteiger partial charge is 0.481 e. The Balaban J connectivity index is 3.50. The molecule has 0 heterocycles. The third-order valence-corrected chi connectivity index (χ3v) is 3.26. The van der Waals surface area contributed by atoms with Crippen molar-refractivity contribution < 1.29 is 24.2 Å². The molecule has 0 saturated carbocycles. The van der Waals surface area contributed by atoms with Gasteiger partial charge in [0.05, 0.1) is 6.42 Å². The monoisotopic (exact) mass is 327 g/mol. The number of ether oxygens (including phenoxy) is 1. The lowest BCUT2D eigenvalue weighted by molar-refractivity contribution is -0.142. The van der Waals surface area contributed by atoms with Crippen LogP contribution in [-0.4, -0.2) is 36.1 Å². The number of carboxylic acid groups (broad SMARTS) is 1. The van der Waals surface area contributed by atoms with Crippen molar-refractivity contribution in [3.63, 3.8) is 0 Å². The van der Waals surface area contributed by atoms with Crippen LogP contribution in [0.25, 0.3) is 0 Å². The number of hydrogen-bond donors (Lipinski definition) is 2. The maximum absolute atomic E-state index is 11.4. The summed E-state index contributed by atoms with van der Waals surface area (Å²) in [4.78, 5) is 32.8. The van der Waals surface area contributed by atoms with Crippen LogP contribution in [-0.2, 0) is 19.1 Å². The fraction of sp³-hybridized carbons (Fsp3) is 0.706. The zero-order valence-corrected chi connectivity index (χ0v) is 14.0. The van der Waals surface area contributed by atoms with Crippen molar-refractivity contribution >= 4 is 17.8 Å². The molecule has 132 valence electrons. The molecule has 0 aromatic heterocycles. The Morgan fingerprint density at radius 3 is 2.17 bits per heavy atom. The highest BCUT2D eigenvalue weighted by Gasteiger charge is 2.02. The number of aliphatic carboxylic acids is 1. The molecule has 0 rings (SSSR count). The number of carbonyl (C=O) groups is 3. The highest BCUT2D eigenvalue weighted by Crippen LogP contribution is 2.07. The van der Waals surface area contributed by atoms with Crippen molar-refractivity contribution in [1.29, 1.82) is 0 Å². The predicted molar refractivity (Wildman–Crippen MR) is 88.0 cm³/mol. The maximum Gasteiger partial charge on any atom is 0.330 e. The minimum Gasteiger partial charge on any atom is -0.481 e. The molecule has 23 heavy (non-hydrogen) atoms. The lowest BCUT2D eigenvalue weighted by atomic mass is 10.1. The molecule has 0 aromatic rings. The van der Waals surface area contributed by atoms with Gasteiger partial charge in [0.15, 0.2) is 0 Å². The molecular weight excluding hydrogens is 298 g/mol. The van der Waals surface area contributed by atoms with Crippen molar-refractivity contribution in [3.8, 4) is 0 Å². The molecule has 0 aliphatic rings. The minimum atomic E-state index is -1.04. The van der Waals surface area contributed by atoms with Crippen LogP contribution in [0.1, 0.15) is 64.7 Å². The first-order chi connectivity index (χ1) is 11.1. The highest BCUT2D eigenvalue weighted by atomic mass is 16.5. The number of nitrogens with one attached hydrogen (secondary N) is 1. The second-order valence-electron chi connectivity index (χ2n) is 5.41. The third-order valence-electron chi connectivity index (χ3n) is 3.26. The van der Waals surface area contributed by atoms with Gasteiger partial charge in [-0.1, -0.05) is 51.9 Å². The van der Waals surface area contributed by atoms with Crippen LogP contribution in [0.5, 0.6) is 0 Å². The number of rotatable bonds is 14. The Morgan fingerprint density at radius 2 is 1.57 bits per heavy atom. The van der Waals surface area contributed by atoms with Gasteiger partial charge in [0.2, 0.25) is 5.91 Å². The van der Waals surface area contributed by atoms with Crippen LogP contribution in [0.15, 0.2) is 12.2 Å². The van der Waals surface area contributed by atoms with Crippen molar-refractivity contribution in [2.45, 2.75) is 64.7 Å². The maximum atomic E-state index is 11.4. The summed E-state index contributed by atoms with van der Waals surface area (Å²) in [5.74, 6) is -2.10. The van der Waals surface area contributed by atoms with Gasteiger partial charge in [-0.2, -0.15) is 0 Å². The zero-order chi connectivity index (χ0) is 17.3. The fourth-order valence-electron chi connectivity index (χ4n) is 1.96. The van der Waals surface area contributed by atoms with Gasteiger partial charge in [0, 0.05) is 18.7 Å². The Bertz CT molecular complexity index is 379. The van der Waals surface area contributed by atoms with Gasteiger partial charge in [0.25, 0.3) is 0 Å². The Morgan fingerprint density at radius 1 is 0.957 bits per heavy atom. The van der Waals surface area contributed by atoms with Crippen molar-refractivity contribution in [2.24, 2.45) is 0 Å². The van der Waals surface area contributed by atoms with Crippen LogP contribution in [0.2, 0.25) is 0 Å². The van der Waals surface area contributed by atoms with Gasteiger partial charge in [-0.25, -0.2) is 4.79 Å². The number of hydrogen-bond acceptors (Lipinski definition) is 4. The summed E-state index contributed by atoms with van der Waals surface area (Å²) in [6, 6.07) is 0. The van der Waals surface area contributed by atoms with E-state index >= 15 is 0 Å². The van der Waals surface area contributed by atoms with Crippen molar-refractivity contribution in [3.05, 3.63) is 12.2 Å². The summed E-state index contributed by atoms with van der Waals surface area (Å²) in [5, 5.41) is 11.1. The van der Waals surface area contributed by atoms with Crippen LogP contribution in [0.3, 0.4) is 0 Å². The van der Waals surface area contributed by atoms with E-state index in [0.29, 0.717) is 6.54 Å². The van der Waals surface area contributed by atoms with E-state index in [1.165, 1.54) is 38.5 Å². The summed E-state index contributed by atoms with van der Waals surface area (Å²) < 4.78 is 4.61. The van der Waals surface area contributed by atoms with Gasteiger partial charge < -0.3 is 15.2 Å². The van der Waals surface area contributed by atoms with Gasteiger partial charge >= 0.3 is 11.9 Å². The molecule has 2 N–H and O–H groups in total. The molecule has 0 fully saturated rings. The normalized spacial score (nSPS) is 10.7. The van der Waals surface area contributed by atoms with Gasteiger partial charge in [-0.15, -0.1) is 0 Å². The summed E-state index contributed by atoms with van der Waals surface area (Å²) in [6.45, 7) is 2.59. The Kier molecular flexibility index (Phi) is 13.8. The van der Waals surface area contributed by atoms with Crippen molar-refractivity contribution in [1.82, 2.24) is 5.32 Å². The number of esters is 1. The standard InChI is InChI=1S/C17H29NO5/c1-2-3-4-5-6-7-8-9-13-18-15(19)10-11-17(22)23-14-12-16(20)21/h10-11H,2-9,12-14H2,1H3,(H,18,19)(H,20,21)/b11-10-. The van der Waals surface area contributed by atoms with Crippen LogP contribution in [0, 0.1) is 0 Å². The van der Waals surface area contributed by atoms with E-state index in [9.17, 15) is 14.4 Å². The summed E-state index contributed by atoms with van der Waals surface area (Å²) in [7, 11) is 0. The zero-order valence-electron chi connectivity index (χ0n) is 14.0. The van der Waals surface area contributed by atoms with E-state index in [0.717, 1.165) is 25.0 Å². The molecule has 0 radical (unpaired) electrons. The Labute approximate surface area is 138 Å². The van der Waals surface area contributed by atoms with Crippen LogP contribution >= 0.6 is 0 Å². The SMILES string of the molecule is CCCCCCCCCCNC(=O)/C=C\C(=O)OCCC(=O)O. The topological polar surface area (TPSA) is 92.7 Å². The van der Waals surface area contributed by atoms with E-state index in [1.807, 2.05) is 0 Å². The first-order valence-electron chi connectivity index (χ1n) is 8.40. The summed E-state index contributed by atoms with van der Waals surface area (Å²) in [6.07, 6.45) is 11.5. The molecule has 0 spiro atoms. The quantitative estimate of drug-likeness (QED) is 0.291. The minimum absolute atomic E-state index is 0.196. The van der Waals surface area contributed by atoms with E-state index in [1.54, 1.807) is 0 Å². The third kappa shape index (κ3) is 16.3. The molecule has 0 aliphatic heterocycles. The molecule has 1 amide bonds. The lowest BCUT2D eigenvalue weighted by Crippen LogP contribution is -2.22. The van der Waals surface area contributed by atoms with Gasteiger partial charge in [0.1, 0.15) is 6.61 Å². The number of carboxylic acids is 1. The molecule has 6 heteroatoms. The van der Waals surface area contributed by atoms with Gasteiger partial charge in [-0.05, 0) is 6.42 Å². The second-order valence-corrected chi connectivity index (χ2v) is 5.41. The molecule has 0 saturated heterocycles. The average Bonchev–Trinajstić information content (AvgIpc) is 2.51. The number of unbranched alkanes of at least 4 members (excludes halogenated alkanes) is 7. The number of amides is 1. The second kappa shape index (κ2) is 15.1. The van der Waals surface area contributed by atoms with Gasteiger partial charge in [-0.3, -0.25) is 9.59 Å². The molecule has 0 aliphatic carbocycles. The van der Waals surface area contributed by atoms with E-state index < -0.39 is 11.9 Å². The highest BCUT2D eigenvalue weighted by molar-refractivity contribution is 5.94. The fourth-order valence-corrected chi connectivity index (χ4v) is 1.96. The molecule has 0 bridgehead atoms.